The van der Waals surface area contributed by atoms with Crippen LogP contribution in [0, 0.1) is 0 Å². The summed E-state index contributed by atoms with van der Waals surface area (Å²) < 4.78 is 29.0. The Morgan fingerprint density at radius 1 is 0.781 bits per heavy atom. The van der Waals surface area contributed by atoms with Gasteiger partial charge in [-0.15, -0.1) is 0 Å². The minimum atomic E-state index is -3.63. The van der Waals surface area contributed by atoms with E-state index in [4.69, 9.17) is 0 Å². The van der Waals surface area contributed by atoms with Crippen LogP contribution in [0.5, 0.6) is 0 Å². The molecule has 1 aliphatic carbocycles. The largest absolute Gasteiger partial charge is 0.370 e. The van der Waals surface area contributed by atoms with E-state index in [0.717, 1.165) is 76.6 Å². The number of hydrogen-bond donors (Lipinski definition) is 1. The lowest BCUT2D eigenvalue weighted by Gasteiger charge is -2.33. The van der Waals surface area contributed by atoms with Gasteiger partial charge in [-0.05, 0) is 63.1 Å². The van der Waals surface area contributed by atoms with Gasteiger partial charge in [0.05, 0.1) is 5.69 Å². The highest BCUT2D eigenvalue weighted by molar-refractivity contribution is 7.89. The molecule has 3 aliphatic rings. The van der Waals surface area contributed by atoms with Crippen LogP contribution in [0.15, 0.2) is 23.1 Å². The average molecular weight is 462 g/mol. The van der Waals surface area contributed by atoms with Crippen molar-refractivity contribution >= 4 is 21.6 Å². The third kappa shape index (κ3) is 5.66. The number of piperidine rings is 2. The van der Waals surface area contributed by atoms with Gasteiger partial charge in [0.25, 0.3) is 5.91 Å². The predicted molar refractivity (Wildman–Crippen MR) is 129 cm³/mol. The van der Waals surface area contributed by atoms with Crippen molar-refractivity contribution in [1.82, 2.24) is 9.62 Å². The fourth-order valence-corrected chi connectivity index (χ4v) is 7.13. The summed E-state index contributed by atoms with van der Waals surface area (Å²) in [7, 11) is -3.63. The molecular formula is C25H39N3O3S. The van der Waals surface area contributed by atoms with Crippen LogP contribution in [0.4, 0.5) is 5.69 Å². The molecule has 1 N–H and O–H groups in total. The number of amides is 1. The molecule has 1 amide bonds. The monoisotopic (exact) mass is 461 g/mol. The van der Waals surface area contributed by atoms with E-state index < -0.39 is 10.0 Å². The van der Waals surface area contributed by atoms with E-state index in [1.807, 2.05) is 12.1 Å². The summed E-state index contributed by atoms with van der Waals surface area (Å²) in [5, 5.41) is 3.20. The van der Waals surface area contributed by atoms with Crippen molar-refractivity contribution in [3.63, 3.8) is 0 Å². The number of rotatable bonds is 5. The molecular weight excluding hydrogens is 422 g/mol. The second-order valence-electron chi connectivity index (χ2n) is 9.71. The average Bonchev–Trinajstić information content (AvgIpc) is 2.81. The predicted octanol–water partition coefficient (Wildman–Crippen LogP) is 4.69. The molecule has 178 valence electrons. The van der Waals surface area contributed by atoms with Gasteiger partial charge in [0.15, 0.2) is 0 Å². The Balaban J connectivity index is 1.61. The van der Waals surface area contributed by atoms with Gasteiger partial charge >= 0.3 is 0 Å². The third-order valence-electron chi connectivity index (χ3n) is 7.29. The van der Waals surface area contributed by atoms with Gasteiger partial charge < -0.3 is 10.2 Å². The van der Waals surface area contributed by atoms with Crippen LogP contribution in [-0.4, -0.2) is 50.9 Å². The van der Waals surface area contributed by atoms with E-state index in [9.17, 15) is 13.2 Å². The molecule has 2 aliphatic heterocycles. The summed E-state index contributed by atoms with van der Waals surface area (Å²) in [6.45, 7) is 2.88. The minimum absolute atomic E-state index is 0.143. The van der Waals surface area contributed by atoms with E-state index in [1.165, 1.54) is 25.7 Å². The first-order valence-electron chi connectivity index (χ1n) is 12.8. The van der Waals surface area contributed by atoms with Crippen LogP contribution in [0.1, 0.15) is 93.8 Å². The third-order valence-corrected chi connectivity index (χ3v) is 9.22. The summed E-state index contributed by atoms with van der Waals surface area (Å²) in [4.78, 5) is 15.6. The molecule has 3 fully saturated rings. The van der Waals surface area contributed by atoms with E-state index in [2.05, 4.69) is 10.2 Å². The molecule has 4 rings (SSSR count). The van der Waals surface area contributed by atoms with Crippen LogP contribution in [0.2, 0.25) is 0 Å². The Hall–Kier alpha value is -1.60. The van der Waals surface area contributed by atoms with Crippen molar-refractivity contribution in [3.05, 3.63) is 23.8 Å². The highest BCUT2D eigenvalue weighted by Crippen LogP contribution is 2.32. The number of carbonyl (C=O) groups excluding carboxylic acids is 1. The Morgan fingerprint density at radius 2 is 1.34 bits per heavy atom. The summed E-state index contributed by atoms with van der Waals surface area (Å²) in [6, 6.07) is 5.52. The zero-order valence-electron chi connectivity index (χ0n) is 19.4. The second kappa shape index (κ2) is 11.0. The number of nitrogens with zero attached hydrogens (tertiary/aromatic N) is 2. The fourth-order valence-electron chi connectivity index (χ4n) is 5.37. The van der Waals surface area contributed by atoms with Crippen molar-refractivity contribution in [3.8, 4) is 0 Å². The molecule has 1 saturated carbocycles. The van der Waals surface area contributed by atoms with Gasteiger partial charge in [-0.2, -0.15) is 4.31 Å². The summed E-state index contributed by atoms with van der Waals surface area (Å²) >= 11 is 0. The summed E-state index contributed by atoms with van der Waals surface area (Å²) in [6.07, 6.45) is 14.3. The number of sulfonamides is 1. The Labute approximate surface area is 193 Å². The Kier molecular flexibility index (Phi) is 8.11. The molecule has 6 nitrogen and oxygen atoms in total. The lowest BCUT2D eigenvalue weighted by atomic mass is 9.96. The van der Waals surface area contributed by atoms with Crippen molar-refractivity contribution in [2.75, 3.05) is 31.1 Å². The van der Waals surface area contributed by atoms with E-state index in [-0.39, 0.29) is 11.9 Å². The zero-order valence-corrected chi connectivity index (χ0v) is 20.2. The van der Waals surface area contributed by atoms with E-state index in [1.54, 1.807) is 10.4 Å². The van der Waals surface area contributed by atoms with Crippen molar-refractivity contribution in [2.24, 2.45) is 0 Å². The zero-order chi connectivity index (χ0) is 22.4. The molecule has 0 radical (unpaired) electrons. The molecule has 1 aromatic carbocycles. The Morgan fingerprint density at radius 3 is 2.00 bits per heavy atom. The quantitative estimate of drug-likeness (QED) is 0.690. The van der Waals surface area contributed by atoms with Crippen LogP contribution in [0.25, 0.3) is 0 Å². The maximum absolute atomic E-state index is 13.7. The molecule has 0 unspecified atom stereocenters. The Bertz CT molecular complexity index is 866. The van der Waals surface area contributed by atoms with Crippen LogP contribution in [-0.2, 0) is 10.0 Å². The number of hydrogen-bond acceptors (Lipinski definition) is 4. The molecule has 0 atom stereocenters. The smallest absolute Gasteiger partial charge is 0.251 e. The van der Waals surface area contributed by atoms with Gasteiger partial charge in [-0.3, -0.25) is 4.79 Å². The number of nitrogens with one attached hydrogen (secondary N) is 1. The van der Waals surface area contributed by atoms with Gasteiger partial charge in [0.1, 0.15) is 4.90 Å². The number of anilines is 1. The standard InChI is InChI=1S/C25H39N3O3S/c29-25(26-22-12-6-2-1-3-7-13-22)21-14-15-23(27-16-8-4-9-17-27)24(20-21)32(30,31)28-18-10-5-11-19-28/h14-15,20,22H,1-13,16-19H2,(H,26,29). The fraction of sp³-hybridized carbons (Fsp3) is 0.720. The summed E-state index contributed by atoms with van der Waals surface area (Å²) in [5.74, 6) is -0.143. The van der Waals surface area contributed by atoms with Crippen LogP contribution < -0.4 is 10.2 Å². The minimum Gasteiger partial charge on any atom is -0.370 e. The topological polar surface area (TPSA) is 69.7 Å². The number of carbonyl (C=O) groups is 1. The van der Waals surface area contributed by atoms with Crippen LogP contribution in [0.3, 0.4) is 0 Å². The lowest BCUT2D eigenvalue weighted by Crippen LogP contribution is -2.38. The molecule has 2 saturated heterocycles. The SMILES string of the molecule is O=C(NC1CCCCCCC1)c1ccc(N2CCCCC2)c(S(=O)(=O)N2CCCCC2)c1. The second-order valence-corrected chi connectivity index (χ2v) is 11.6. The molecule has 32 heavy (non-hydrogen) atoms. The maximum atomic E-state index is 13.7. The van der Waals surface area contributed by atoms with Gasteiger partial charge in [0.2, 0.25) is 10.0 Å². The summed E-state index contributed by atoms with van der Waals surface area (Å²) in [5.41, 5.74) is 1.22. The molecule has 1 aromatic rings. The molecule has 0 bridgehead atoms. The first-order chi connectivity index (χ1) is 15.6. The lowest BCUT2D eigenvalue weighted by molar-refractivity contribution is 0.0930. The van der Waals surface area contributed by atoms with E-state index >= 15 is 0 Å². The van der Waals surface area contributed by atoms with Crippen molar-refractivity contribution < 1.29 is 13.2 Å². The molecule has 7 heteroatoms. The van der Waals surface area contributed by atoms with Crippen molar-refractivity contribution in [1.29, 1.82) is 0 Å². The first-order valence-corrected chi connectivity index (χ1v) is 14.2. The highest BCUT2D eigenvalue weighted by atomic mass is 32.2. The molecule has 0 aromatic heterocycles. The first kappa shape index (κ1) is 23.6. The number of benzene rings is 1. The van der Waals surface area contributed by atoms with Gasteiger partial charge in [-0.25, -0.2) is 8.42 Å². The highest BCUT2D eigenvalue weighted by Gasteiger charge is 2.31. The molecule has 0 spiro atoms. The van der Waals surface area contributed by atoms with Gasteiger partial charge in [0, 0.05) is 37.8 Å². The van der Waals surface area contributed by atoms with Gasteiger partial charge in [-0.1, -0.05) is 38.5 Å². The van der Waals surface area contributed by atoms with Crippen molar-refractivity contribution in [2.45, 2.75) is 94.4 Å². The van der Waals surface area contributed by atoms with E-state index in [0.29, 0.717) is 23.5 Å². The normalized spacial score (nSPS) is 22.2. The maximum Gasteiger partial charge on any atom is 0.251 e. The molecule has 2 heterocycles. The van der Waals surface area contributed by atoms with Crippen LogP contribution >= 0.6 is 0 Å².